The molecule has 1 aromatic carbocycles. The van der Waals surface area contributed by atoms with Crippen LogP contribution in [0.2, 0.25) is 0 Å². The minimum absolute atomic E-state index is 0.285. The van der Waals surface area contributed by atoms with Crippen molar-refractivity contribution in [2.75, 3.05) is 13.2 Å². The van der Waals surface area contributed by atoms with Crippen molar-refractivity contribution in [2.24, 2.45) is 5.73 Å². The van der Waals surface area contributed by atoms with Gasteiger partial charge >= 0.3 is 0 Å². The van der Waals surface area contributed by atoms with E-state index in [1.807, 2.05) is 31.2 Å². The summed E-state index contributed by atoms with van der Waals surface area (Å²) in [6, 6.07) is 7.86. The van der Waals surface area contributed by atoms with Crippen molar-refractivity contribution >= 4 is 0 Å². The van der Waals surface area contributed by atoms with Crippen LogP contribution in [-0.2, 0) is 6.42 Å². The number of hydrogen-bond acceptors (Lipinski definition) is 2. The summed E-state index contributed by atoms with van der Waals surface area (Å²) in [4.78, 5) is 0. The smallest absolute Gasteiger partial charge is 0.119 e. The minimum Gasteiger partial charge on any atom is -0.494 e. The zero-order chi connectivity index (χ0) is 11.8. The predicted molar refractivity (Wildman–Crippen MR) is 64.2 cm³/mol. The van der Waals surface area contributed by atoms with E-state index in [0.29, 0.717) is 24.9 Å². The molecule has 0 amide bonds. The van der Waals surface area contributed by atoms with Gasteiger partial charge < -0.3 is 10.5 Å². The van der Waals surface area contributed by atoms with Gasteiger partial charge in [-0.1, -0.05) is 12.1 Å². The summed E-state index contributed by atoms with van der Waals surface area (Å²) in [6.45, 7) is 2.91. The van der Waals surface area contributed by atoms with Gasteiger partial charge in [-0.25, -0.2) is 4.39 Å². The molecule has 1 rings (SSSR count). The van der Waals surface area contributed by atoms with Crippen LogP contribution < -0.4 is 10.5 Å². The molecule has 0 aliphatic rings. The lowest BCUT2D eigenvalue weighted by molar-refractivity contribution is 0.340. The van der Waals surface area contributed by atoms with Crippen LogP contribution >= 0.6 is 0 Å². The average Bonchev–Trinajstić information content (AvgIpc) is 2.33. The van der Waals surface area contributed by atoms with Gasteiger partial charge in [-0.15, -0.1) is 0 Å². The summed E-state index contributed by atoms with van der Waals surface area (Å²) < 4.78 is 17.6. The maximum Gasteiger partial charge on any atom is 0.119 e. The van der Waals surface area contributed by atoms with Gasteiger partial charge in [0, 0.05) is 6.54 Å². The molecule has 0 aliphatic heterocycles. The third-order valence-electron chi connectivity index (χ3n) is 2.39. The summed E-state index contributed by atoms with van der Waals surface area (Å²) in [5.74, 6) is 0.867. The number of benzene rings is 1. The summed E-state index contributed by atoms with van der Waals surface area (Å²) in [5, 5.41) is 0. The molecule has 3 heteroatoms. The molecule has 0 fully saturated rings. The van der Waals surface area contributed by atoms with Gasteiger partial charge in [0.2, 0.25) is 0 Å². The minimum atomic E-state index is 0.285. The number of hydrogen-bond donors (Lipinski definition) is 1. The van der Waals surface area contributed by atoms with Gasteiger partial charge in [-0.05, 0) is 43.0 Å². The van der Waals surface area contributed by atoms with E-state index >= 15 is 0 Å². The Labute approximate surface area is 95.9 Å². The Bertz CT molecular complexity index is 332. The monoisotopic (exact) mass is 223 g/mol. The Morgan fingerprint density at radius 1 is 1.38 bits per heavy atom. The van der Waals surface area contributed by atoms with Crippen LogP contribution in [0.3, 0.4) is 0 Å². The third kappa shape index (κ3) is 4.03. The van der Waals surface area contributed by atoms with Crippen molar-refractivity contribution in [1.29, 1.82) is 0 Å². The standard InChI is InChI=1S/C13H18FNO/c1-2-16-13-7-5-11(6-8-13)3-4-12(9-14)10-15/h5-9H,2-4,10,15H2,1H3. The molecule has 88 valence electrons. The normalized spacial score (nSPS) is 11.6. The van der Waals surface area contributed by atoms with Gasteiger partial charge in [-0.2, -0.15) is 0 Å². The van der Waals surface area contributed by atoms with Gasteiger partial charge in [0.05, 0.1) is 12.9 Å². The second-order valence-electron chi connectivity index (χ2n) is 3.55. The molecule has 0 spiro atoms. The molecule has 0 radical (unpaired) electrons. The molecular weight excluding hydrogens is 205 g/mol. The number of halogens is 1. The first kappa shape index (κ1) is 12.7. The molecule has 1 aromatic rings. The fraction of sp³-hybridized carbons (Fsp3) is 0.385. The predicted octanol–water partition coefficient (Wildman–Crippen LogP) is 2.83. The molecular formula is C13H18FNO. The van der Waals surface area contributed by atoms with Crippen molar-refractivity contribution < 1.29 is 9.13 Å². The lowest BCUT2D eigenvalue weighted by atomic mass is 10.1. The van der Waals surface area contributed by atoms with E-state index in [0.717, 1.165) is 17.7 Å². The molecule has 0 aliphatic carbocycles. The fourth-order valence-electron chi connectivity index (χ4n) is 1.43. The van der Waals surface area contributed by atoms with Crippen molar-refractivity contribution in [3.8, 4) is 5.75 Å². The molecule has 0 unspecified atom stereocenters. The Morgan fingerprint density at radius 2 is 2.06 bits per heavy atom. The molecule has 0 saturated heterocycles. The quantitative estimate of drug-likeness (QED) is 0.804. The average molecular weight is 223 g/mol. The van der Waals surface area contributed by atoms with Crippen molar-refractivity contribution in [3.63, 3.8) is 0 Å². The molecule has 16 heavy (non-hydrogen) atoms. The van der Waals surface area contributed by atoms with Gasteiger partial charge in [0.15, 0.2) is 0 Å². The molecule has 0 atom stereocenters. The molecule has 2 N–H and O–H groups in total. The van der Waals surface area contributed by atoms with E-state index in [1.54, 1.807) is 0 Å². The van der Waals surface area contributed by atoms with Crippen molar-refractivity contribution in [1.82, 2.24) is 0 Å². The number of aryl methyl sites for hydroxylation is 1. The first-order chi connectivity index (χ1) is 7.80. The number of ether oxygens (including phenoxy) is 1. The first-order valence-corrected chi connectivity index (χ1v) is 5.50. The van der Waals surface area contributed by atoms with Gasteiger partial charge in [0.25, 0.3) is 0 Å². The largest absolute Gasteiger partial charge is 0.494 e. The summed E-state index contributed by atoms with van der Waals surface area (Å²) >= 11 is 0. The van der Waals surface area contributed by atoms with Crippen LogP contribution in [0.4, 0.5) is 4.39 Å². The topological polar surface area (TPSA) is 35.2 Å². The van der Waals surface area contributed by atoms with Crippen LogP contribution in [0.25, 0.3) is 0 Å². The van der Waals surface area contributed by atoms with E-state index < -0.39 is 0 Å². The number of nitrogens with two attached hydrogens (primary N) is 1. The molecule has 0 saturated carbocycles. The fourth-order valence-corrected chi connectivity index (χ4v) is 1.43. The Morgan fingerprint density at radius 3 is 2.56 bits per heavy atom. The van der Waals surface area contributed by atoms with Crippen LogP contribution in [0.1, 0.15) is 18.9 Å². The molecule has 0 aromatic heterocycles. The highest BCUT2D eigenvalue weighted by molar-refractivity contribution is 5.27. The molecule has 0 heterocycles. The molecule has 0 bridgehead atoms. The third-order valence-corrected chi connectivity index (χ3v) is 2.39. The second-order valence-corrected chi connectivity index (χ2v) is 3.55. The second kappa shape index (κ2) is 7.01. The Hall–Kier alpha value is -1.35. The summed E-state index contributed by atoms with van der Waals surface area (Å²) in [7, 11) is 0. The molecule has 2 nitrogen and oxygen atoms in total. The van der Waals surface area contributed by atoms with Crippen molar-refractivity contribution in [2.45, 2.75) is 19.8 Å². The Kier molecular flexibility index (Phi) is 5.57. The summed E-state index contributed by atoms with van der Waals surface area (Å²) in [6.07, 6.45) is 2.08. The zero-order valence-corrected chi connectivity index (χ0v) is 9.58. The van der Waals surface area contributed by atoms with E-state index in [2.05, 4.69) is 0 Å². The number of rotatable bonds is 6. The van der Waals surface area contributed by atoms with Gasteiger partial charge in [0.1, 0.15) is 5.75 Å². The highest BCUT2D eigenvalue weighted by atomic mass is 19.1. The highest BCUT2D eigenvalue weighted by Crippen LogP contribution is 2.14. The lowest BCUT2D eigenvalue weighted by Crippen LogP contribution is -2.03. The van der Waals surface area contributed by atoms with Crippen LogP contribution in [0, 0.1) is 0 Å². The lowest BCUT2D eigenvalue weighted by Gasteiger charge is -2.05. The highest BCUT2D eigenvalue weighted by Gasteiger charge is 1.98. The van der Waals surface area contributed by atoms with E-state index in [4.69, 9.17) is 10.5 Å². The SMILES string of the molecule is CCOc1ccc(CCC(=CF)CN)cc1. The van der Waals surface area contributed by atoms with Gasteiger partial charge in [-0.3, -0.25) is 0 Å². The van der Waals surface area contributed by atoms with Crippen LogP contribution in [-0.4, -0.2) is 13.2 Å². The maximum absolute atomic E-state index is 12.3. The zero-order valence-electron chi connectivity index (χ0n) is 9.58. The van der Waals surface area contributed by atoms with Crippen LogP contribution in [0.15, 0.2) is 36.2 Å². The maximum atomic E-state index is 12.3. The Balaban J connectivity index is 2.49. The first-order valence-electron chi connectivity index (χ1n) is 5.50. The summed E-state index contributed by atoms with van der Waals surface area (Å²) in [5.41, 5.74) is 7.19. The van der Waals surface area contributed by atoms with E-state index in [1.165, 1.54) is 0 Å². The van der Waals surface area contributed by atoms with E-state index in [-0.39, 0.29) is 6.54 Å². The van der Waals surface area contributed by atoms with E-state index in [9.17, 15) is 4.39 Å². The van der Waals surface area contributed by atoms with Crippen LogP contribution in [0.5, 0.6) is 5.75 Å². The van der Waals surface area contributed by atoms with Crippen molar-refractivity contribution in [3.05, 3.63) is 41.7 Å².